The highest BCUT2D eigenvalue weighted by Gasteiger charge is 2.24. The molecule has 0 aliphatic heterocycles. The zero-order chi connectivity index (χ0) is 48.1. The summed E-state index contributed by atoms with van der Waals surface area (Å²) >= 11 is 0. The third-order valence-corrected chi connectivity index (χ3v) is 12.2. The fourth-order valence-corrected chi connectivity index (χ4v) is 8.05. The van der Waals surface area contributed by atoms with Gasteiger partial charge in [0.05, 0.1) is 25.2 Å². The predicted molar refractivity (Wildman–Crippen MR) is 287 cm³/mol. The molecule has 3 atom stereocenters. The molecule has 0 aromatic carbocycles. The molecule has 0 fully saturated rings. The third kappa shape index (κ3) is 47.5. The van der Waals surface area contributed by atoms with Crippen molar-refractivity contribution in [3.8, 4) is 0 Å². The Bertz CT molecular complexity index is 1260. The standard InChI is InChI=1S/C60H105NO5/c1-4-7-10-13-16-19-22-25-27-29-30-31-33-35-38-41-44-47-50-53-60(65)66-56(51-48-45-42-39-36-24-21-18-15-12-9-6-3)54-59(64)61-57(55-62)58(63)52-49-46-43-40-37-34-32-28-26-23-20-17-14-11-8-5-2/h7,10,16,19,25,27,30-31,35,38-39,42,44,47,56-58,62-63H,4-6,8-9,11-15,17-18,20-24,26,28-29,32-34,36-37,40-41,43,45-46,48-55H2,1-3H3,(H,61,64)/b10-7-,19-16-,27-25-,31-30-,38-35-,42-39-,47-44-. The fraction of sp³-hybridized carbons (Fsp3) is 0.733. The number of unbranched alkanes of at least 4 members (excludes halogenated alkanes) is 23. The first-order chi connectivity index (χ1) is 32.5. The highest BCUT2D eigenvalue weighted by molar-refractivity contribution is 5.77. The number of carbonyl (C=O) groups is 2. The topological polar surface area (TPSA) is 95.9 Å². The quantitative estimate of drug-likeness (QED) is 0.0321. The van der Waals surface area contributed by atoms with Crippen LogP contribution in [-0.4, -0.2) is 46.9 Å². The molecule has 0 spiro atoms. The lowest BCUT2D eigenvalue weighted by Crippen LogP contribution is -2.46. The third-order valence-electron chi connectivity index (χ3n) is 12.2. The number of aliphatic hydroxyl groups excluding tert-OH is 2. The number of allylic oxidation sites excluding steroid dienone is 14. The molecule has 0 saturated heterocycles. The minimum absolute atomic E-state index is 0.0235. The van der Waals surface area contributed by atoms with Crippen LogP contribution >= 0.6 is 0 Å². The summed E-state index contributed by atoms with van der Waals surface area (Å²) in [7, 11) is 0. The normalized spacial score (nSPS) is 13.8. The summed E-state index contributed by atoms with van der Waals surface area (Å²) < 4.78 is 5.88. The Morgan fingerprint density at radius 1 is 0.455 bits per heavy atom. The number of hydrogen-bond acceptors (Lipinski definition) is 5. The monoisotopic (exact) mass is 920 g/mol. The van der Waals surface area contributed by atoms with Gasteiger partial charge in [-0.15, -0.1) is 0 Å². The molecule has 6 nitrogen and oxygen atoms in total. The van der Waals surface area contributed by atoms with Crippen LogP contribution in [0.15, 0.2) is 85.1 Å². The van der Waals surface area contributed by atoms with E-state index < -0.39 is 18.2 Å². The molecule has 0 rings (SSSR count). The van der Waals surface area contributed by atoms with E-state index in [-0.39, 0.29) is 31.3 Å². The van der Waals surface area contributed by atoms with E-state index in [1.165, 1.54) is 128 Å². The maximum atomic E-state index is 13.2. The number of nitrogens with one attached hydrogen (secondary N) is 1. The summed E-state index contributed by atoms with van der Waals surface area (Å²) in [5.41, 5.74) is 0. The first kappa shape index (κ1) is 63.0. The van der Waals surface area contributed by atoms with Crippen LogP contribution in [0.5, 0.6) is 0 Å². The van der Waals surface area contributed by atoms with Gasteiger partial charge in [0.15, 0.2) is 0 Å². The van der Waals surface area contributed by atoms with Crippen LogP contribution in [0.1, 0.15) is 258 Å². The maximum Gasteiger partial charge on any atom is 0.306 e. The molecule has 0 aromatic heterocycles. The van der Waals surface area contributed by atoms with Gasteiger partial charge in [-0.3, -0.25) is 9.59 Å². The van der Waals surface area contributed by atoms with Gasteiger partial charge in [0.1, 0.15) is 6.10 Å². The molecular formula is C60H105NO5. The summed E-state index contributed by atoms with van der Waals surface area (Å²) in [5.74, 6) is -0.603. The smallest absolute Gasteiger partial charge is 0.306 e. The van der Waals surface area contributed by atoms with Crippen LogP contribution < -0.4 is 5.32 Å². The number of hydrogen-bond donors (Lipinski definition) is 3. The number of carbonyl (C=O) groups excluding carboxylic acids is 2. The van der Waals surface area contributed by atoms with Gasteiger partial charge in [0, 0.05) is 6.42 Å². The summed E-state index contributed by atoms with van der Waals surface area (Å²) in [5, 5.41) is 23.8. The Balaban J connectivity index is 4.65. The van der Waals surface area contributed by atoms with Crippen molar-refractivity contribution in [1.29, 1.82) is 0 Å². The molecule has 0 radical (unpaired) electrons. The first-order valence-electron chi connectivity index (χ1n) is 27.8. The molecule has 0 heterocycles. The van der Waals surface area contributed by atoms with E-state index in [0.717, 1.165) is 77.0 Å². The Morgan fingerprint density at radius 2 is 0.833 bits per heavy atom. The molecule has 380 valence electrons. The Kier molecular flexibility index (Phi) is 50.6. The van der Waals surface area contributed by atoms with Crippen LogP contribution in [0.3, 0.4) is 0 Å². The lowest BCUT2D eigenvalue weighted by atomic mass is 10.0. The van der Waals surface area contributed by atoms with Crippen molar-refractivity contribution in [3.63, 3.8) is 0 Å². The summed E-state index contributed by atoms with van der Waals surface area (Å²) in [6.45, 7) is 6.35. The van der Waals surface area contributed by atoms with E-state index in [2.05, 4.69) is 105 Å². The van der Waals surface area contributed by atoms with E-state index in [1.807, 2.05) is 6.08 Å². The summed E-state index contributed by atoms with van der Waals surface area (Å²) in [4.78, 5) is 26.2. The minimum atomic E-state index is -0.811. The summed E-state index contributed by atoms with van der Waals surface area (Å²) in [6.07, 6.45) is 69.5. The number of esters is 1. The first-order valence-corrected chi connectivity index (χ1v) is 27.8. The second-order valence-electron chi connectivity index (χ2n) is 18.6. The highest BCUT2D eigenvalue weighted by Crippen LogP contribution is 2.17. The highest BCUT2D eigenvalue weighted by atomic mass is 16.5. The molecule has 3 N–H and O–H groups in total. The van der Waals surface area contributed by atoms with Gasteiger partial charge in [0.25, 0.3) is 0 Å². The van der Waals surface area contributed by atoms with Crippen molar-refractivity contribution in [3.05, 3.63) is 85.1 Å². The van der Waals surface area contributed by atoms with Crippen molar-refractivity contribution in [2.75, 3.05) is 6.61 Å². The molecule has 1 amide bonds. The molecule has 66 heavy (non-hydrogen) atoms. The molecule has 6 heteroatoms. The maximum absolute atomic E-state index is 13.2. The van der Waals surface area contributed by atoms with Crippen LogP contribution in [0.4, 0.5) is 0 Å². The van der Waals surface area contributed by atoms with Gasteiger partial charge in [-0.05, 0) is 83.5 Å². The number of aliphatic hydroxyl groups is 2. The number of ether oxygens (including phenoxy) is 1. The fourth-order valence-electron chi connectivity index (χ4n) is 8.05. The van der Waals surface area contributed by atoms with Crippen LogP contribution in [0, 0.1) is 0 Å². The predicted octanol–water partition coefficient (Wildman–Crippen LogP) is 17.1. The second kappa shape index (κ2) is 53.0. The average Bonchev–Trinajstić information content (AvgIpc) is 3.31. The molecule has 0 aliphatic rings. The minimum Gasteiger partial charge on any atom is -0.462 e. The van der Waals surface area contributed by atoms with Crippen LogP contribution in [-0.2, 0) is 14.3 Å². The van der Waals surface area contributed by atoms with Gasteiger partial charge >= 0.3 is 5.97 Å². The molecule has 0 saturated carbocycles. The number of amides is 1. The molecule has 3 unspecified atom stereocenters. The Labute approximate surface area is 408 Å². The van der Waals surface area contributed by atoms with Crippen LogP contribution in [0.2, 0.25) is 0 Å². The zero-order valence-corrected chi connectivity index (χ0v) is 43.3. The van der Waals surface area contributed by atoms with Crippen molar-refractivity contribution in [1.82, 2.24) is 5.32 Å². The van der Waals surface area contributed by atoms with Gasteiger partial charge in [-0.25, -0.2) is 0 Å². The van der Waals surface area contributed by atoms with Gasteiger partial charge in [-0.2, -0.15) is 0 Å². The van der Waals surface area contributed by atoms with E-state index in [4.69, 9.17) is 4.74 Å². The molecule has 0 bridgehead atoms. The Hall–Kier alpha value is -2.96. The number of rotatable bonds is 49. The van der Waals surface area contributed by atoms with Gasteiger partial charge in [0.2, 0.25) is 5.91 Å². The zero-order valence-electron chi connectivity index (χ0n) is 43.3. The van der Waals surface area contributed by atoms with Crippen molar-refractivity contribution >= 4 is 11.9 Å². The lowest BCUT2D eigenvalue weighted by molar-refractivity contribution is -0.150. The van der Waals surface area contributed by atoms with Crippen LogP contribution in [0.25, 0.3) is 0 Å². The molecule has 0 aromatic rings. The van der Waals surface area contributed by atoms with Crippen molar-refractivity contribution in [2.24, 2.45) is 0 Å². The SMILES string of the molecule is CC/C=C\C/C=C\C/C=C\C/C=C\C/C=C\C/C=C\CCC(=O)OC(CCC/C=C\CCCCCCCCC)CC(=O)NC(CO)C(O)CCCCCCCCCCCCCCCCCC. The van der Waals surface area contributed by atoms with Crippen molar-refractivity contribution < 1.29 is 24.5 Å². The Morgan fingerprint density at radius 3 is 1.27 bits per heavy atom. The van der Waals surface area contributed by atoms with Gasteiger partial charge in [-0.1, -0.05) is 247 Å². The van der Waals surface area contributed by atoms with E-state index in [9.17, 15) is 19.8 Å². The molecular weight excluding hydrogens is 815 g/mol. The average molecular weight is 921 g/mol. The van der Waals surface area contributed by atoms with E-state index in [1.54, 1.807) is 0 Å². The van der Waals surface area contributed by atoms with E-state index in [0.29, 0.717) is 19.3 Å². The van der Waals surface area contributed by atoms with Gasteiger partial charge < -0.3 is 20.3 Å². The second-order valence-corrected chi connectivity index (χ2v) is 18.6. The largest absolute Gasteiger partial charge is 0.462 e. The van der Waals surface area contributed by atoms with E-state index >= 15 is 0 Å². The lowest BCUT2D eigenvalue weighted by Gasteiger charge is -2.24. The molecule has 0 aliphatic carbocycles. The van der Waals surface area contributed by atoms with Crippen molar-refractivity contribution in [2.45, 2.75) is 277 Å². The summed E-state index contributed by atoms with van der Waals surface area (Å²) in [6, 6.07) is -0.729.